The summed E-state index contributed by atoms with van der Waals surface area (Å²) in [6.07, 6.45) is -0.315. The summed E-state index contributed by atoms with van der Waals surface area (Å²) in [7, 11) is -3.99. The van der Waals surface area contributed by atoms with E-state index in [1.54, 1.807) is 24.3 Å². The van der Waals surface area contributed by atoms with E-state index < -0.39 is 16.0 Å². The number of carbonyl (C=O) groups is 1. The van der Waals surface area contributed by atoms with Crippen molar-refractivity contribution in [3.63, 3.8) is 0 Å². The van der Waals surface area contributed by atoms with Crippen molar-refractivity contribution >= 4 is 39.2 Å². The number of nitrogens with zero attached hydrogens (tertiary/aromatic N) is 1. The van der Waals surface area contributed by atoms with E-state index in [-0.39, 0.29) is 34.5 Å². The highest BCUT2D eigenvalue weighted by atomic mass is 35.5. The summed E-state index contributed by atoms with van der Waals surface area (Å²) >= 11 is 11.9. The second-order valence-electron chi connectivity index (χ2n) is 5.04. The number of halogens is 2. The SMILES string of the molecule is O=C(O)CCN(Cc1ccccc1)S(=O)(=O)c1cc(Cl)ccc1Cl. The minimum absolute atomic E-state index is 0.0350. The van der Waals surface area contributed by atoms with Crippen LogP contribution in [0.3, 0.4) is 0 Å². The van der Waals surface area contributed by atoms with Crippen molar-refractivity contribution in [2.75, 3.05) is 6.54 Å². The van der Waals surface area contributed by atoms with E-state index in [1.807, 2.05) is 6.07 Å². The van der Waals surface area contributed by atoms with E-state index in [1.165, 1.54) is 18.2 Å². The Labute approximate surface area is 150 Å². The summed E-state index contributed by atoms with van der Waals surface area (Å²) in [5, 5.41) is 9.16. The van der Waals surface area contributed by atoms with E-state index in [0.717, 1.165) is 9.87 Å². The van der Waals surface area contributed by atoms with Crippen molar-refractivity contribution in [1.29, 1.82) is 0 Å². The molecule has 0 unspecified atom stereocenters. The van der Waals surface area contributed by atoms with E-state index in [2.05, 4.69) is 0 Å². The fourth-order valence-corrected chi connectivity index (χ4v) is 4.27. The van der Waals surface area contributed by atoms with Crippen molar-refractivity contribution in [2.24, 2.45) is 0 Å². The van der Waals surface area contributed by atoms with Crippen LogP contribution in [-0.2, 0) is 21.4 Å². The molecule has 2 rings (SSSR count). The van der Waals surface area contributed by atoms with Crippen molar-refractivity contribution < 1.29 is 18.3 Å². The highest BCUT2D eigenvalue weighted by molar-refractivity contribution is 7.89. The standard InChI is InChI=1S/C16H15Cl2NO4S/c17-13-6-7-14(18)15(10-13)24(22,23)19(9-8-16(20)21)11-12-4-2-1-3-5-12/h1-7,10H,8-9,11H2,(H,20,21). The van der Waals surface area contributed by atoms with Gasteiger partial charge in [-0.2, -0.15) is 4.31 Å². The van der Waals surface area contributed by atoms with Crippen LogP contribution in [0.1, 0.15) is 12.0 Å². The van der Waals surface area contributed by atoms with E-state index in [0.29, 0.717) is 0 Å². The number of hydrogen-bond acceptors (Lipinski definition) is 3. The van der Waals surface area contributed by atoms with Crippen molar-refractivity contribution in [3.8, 4) is 0 Å². The maximum absolute atomic E-state index is 12.9. The molecule has 0 aliphatic carbocycles. The van der Waals surface area contributed by atoms with Gasteiger partial charge in [0.1, 0.15) is 4.90 Å². The number of carboxylic acid groups (broad SMARTS) is 1. The van der Waals surface area contributed by atoms with Gasteiger partial charge in [-0.1, -0.05) is 53.5 Å². The monoisotopic (exact) mass is 387 g/mol. The predicted octanol–water partition coefficient (Wildman–Crippen LogP) is 3.66. The normalized spacial score (nSPS) is 11.6. The molecule has 0 aliphatic rings. The van der Waals surface area contributed by atoms with Crippen LogP contribution in [0.5, 0.6) is 0 Å². The van der Waals surface area contributed by atoms with Crippen molar-refractivity contribution in [3.05, 3.63) is 64.1 Å². The van der Waals surface area contributed by atoms with Crippen molar-refractivity contribution in [1.82, 2.24) is 4.31 Å². The quantitative estimate of drug-likeness (QED) is 0.786. The van der Waals surface area contributed by atoms with Crippen LogP contribution in [0.15, 0.2) is 53.4 Å². The molecular weight excluding hydrogens is 373 g/mol. The van der Waals surface area contributed by atoms with Gasteiger partial charge in [-0.15, -0.1) is 0 Å². The summed E-state index contributed by atoms with van der Waals surface area (Å²) in [6.45, 7) is -0.130. The van der Waals surface area contributed by atoms with Crippen LogP contribution in [-0.4, -0.2) is 30.3 Å². The lowest BCUT2D eigenvalue weighted by molar-refractivity contribution is -0.137. The molecule has 0 aromatic heterocycles. The lowest BCUT2D eigenvalue weighted by Crippen LogP contribution is -2.33. The summed E-state index contributed by atoms with van der Waals surface area (Å²) in [5.41, 5.74) is 0.740. The third-order valence-electron chi connectivity index (χ3n) is 3.29. The Morgan fingerprint density at radius 3 is 2.38 bits per heavy atom. The fourth-order valence-electron chi connectivity index (χ4n) is 2.11. The zero-order valence-corrected chi connectivity index (χ0v) is 14.9. The first kappa shape index (κ1) is 18.7. The van der Waals surface area contributed by atoms with Crippen LogP contribution in [0, 0.1) is 0 Å². The Kier molecular flexibility index (Phi) is 6.23. The maximum Gasteiger partial charge on any atom is 0.304 e. The molecule has 0 fully saturated rings. The lowest BCUT2D eigenvalue weighted by Gasteiger charge is -2.22. The Morgan fingerprint density at radius 1 is 1.08 bits per heavy atom. The maximum atomic E-state index is 12.9. The van der Waals surface area contributed by atoms with E-state index in [4.69, 9.17) is 28.3 Å². The lowest BCUT2D eigenvalue weighted by atomic mass is 10.2. The first-order chi connectivity index (χ1) is 11.3. The predicted molar refractivity (Wildman–Crippen MR) is 92.8 cm³/mol. The van der Waals surface area contributed by atoms with Crippen LogP contribution < -0.4 is 0 Å². The number of aliphatic carboxylic acids is 1. The first-order valence-corrected chi connectivity index (χ1v) is 9.21. The van der Waals surface area contributed by atoms with Gasteiger partial charge in [0.05, 0.1) is 11.4 Å². The fraction of sp³-hybridized carbons (Fsp3) is 0.188. The number of benzene rings is 2. The average molecular weight is 388 g/mol. The highest BCUT2D eigenvalue weighted by Gasteiger charge is 2.27. The second kappa shape index (κ2) is 7.98. The average Bonchev–Trinajstić information content (AvgIpc) is 2.54. The molecule has 0 aliphatic heterocycles. The largest absolute Gasteiger partial charge is 0.481 e. The first-order valence-electron chi connectivity index (χ1n) is 7.01. The minimum atomic E-state index is -3.99. The molecule has 0 atom stereocenters. The number of rotatable bonds is 7. The highest BCUT2D eigenvalue weighted by Crippen LogP contribution is 2.28. The molecule has 2 aromatic carbocycles. The third kappa shape index (κ3) is 4.70. The Hall–Kier alpha value is -1.60. The van der Waals surface area contributed by atoms with E-state index in [9.17, 15) is 13.2 Å². The van der Waals surface area contributed by atoms with Gasteiger partial charge in [0, 0.05) is 18.1 Å². The Bertz CT molecular complexity index is 825. The molecule has 0 heterocycles. The number of sulfonamides is 1. The van der Waals surface area contributed by atoms with Gasteiger partial charge in [0.2, 0.25) is 10.0 Å². The Morgan fingerprint density at radius 2 is 1.75 bits per heavy atom. The molecule has 128 valence electrons. The molecule has 0 radical (unpaired) electrons. The van der Waals surface area contributed by atoms with Crippen LogP contribution in [0.2, 0.25) is 10.0 Å². The number of hydrogen-bond donors (Lipinski definition) is 1. The molecule has 24 heavy (non-hydrogen) atoms. The molecule has 0 spiro atoms. The zero-order valence-electron chi connectivity index (χ0n) is 12.5. The molecular formula is C16H15Cl2NO4S. The van der Waals surface area contributed by atoms with Crippen LogP contribution in [0.4, 0.5) is 0 Å². The second-order valence-corrected chi connectivity index (χ2v) is 7.79. The molecule has 0 saturated carbocycles. The zero-order chi connectivity index (χ0) is 17.7. The van der Waals surface area contributed by atoms with Gasteiger partial charge in [-0.3, -0.25) is 4.79 Å². The Balaban J connectivity index is 2.40. The molecule has 0 amide bonds. The summed E-state index contributed by atoms with van der Waals surface area (Å²) in [6, 6.07) is 13.1. The van der Waals surface area contributed by atoms with E-state index >= 15 is 0 Å². The minimum Gasteiger partial charge on any atom is -0.481 e. The number of carboxylic acids is 1. The molecule has 0 bridgehead atoms. The smallest absolute Gasteiger partial charge is 0.304 e. The van der Waals surface area contributed by atoms with Gasteiger partial charge < -0.3 is 5.11 Å². The topological polar surface area (TPSA) is 74.7 Å². The van der Waals surface area contributed by atoms with Gasteiger partial charge >= 0.3 is 5.97 Å². The molecule has 1 N–H and O–H groups in total. The summed E-state index contributed by atoms with van der Waals surface area (Å²) in [4.78, 5) is 10.7. The van der Waals surface area contributed by atoms with Gasteiger partial charge in [-0.25, -0.2) is 8.42 Å². The van der Waals surface area contributed by atoms with Crippen LogP contribution in [0.25, 0.3) is 0 Å². The van der Waals surface area contributed by atoms with Crippen LogP contribution >= 0.6 is 23.2 Å². The van der Waals surface area contributed by atoms with Crippen molar-refractivity contribution in [2.45, 2.75) is 17.9 Å². The summed E-state index contributed by atoms with van der Waals surface area (Å²) < 4.78 is 26.9. The molecule has 2 aromatic rings. The van der Waals surface area contributed by atoms with Gasteiger partial charge in [-0.05, 0) is 23.8 Å². The summed E-state index contributed by atoms with van der Waals surface area (Å²) in [5.74, 6) is -1.08. The van der Waals surface area contributed by atoms with Gasteiger partial charge in [0.25, 0.3) is 0 Å². The molecule has 0 saturated heterocycles. The van der Waals surface area contributed by atoms with Gasteiger partial charge in [0.15, 0.2) is 0 Å². The molecule has 8 heteroatoms. The molecule has 5 nitrogen and oxygen atoms in total. The third-order valence-corrected chi connectivity index (χ3v) is 5.85.